The summed E-state index contributed by atoms with van der Waals surface area (Å²) in [7, 11) is 0. The van der Waals surface area contributed by atoms with E-state index in [1.54, 1.807) is 18.2 Å². The van der Waals surface area contributed by atoms with Crippen molar-refractivity contribution in [1.29, 1.82) is 0 Å². The van der Waals surface area contributed by atoms with Gasteiger partial charge in [0.05, 0.1) is 11.3 Å². The number of amides is 1. The zero-order valence-electron chi connectivity index (χ0n) is 12.8. The number of nitrogens with two attached hydrogens (primary N) is 1. The first kappa shape index (κ1) is 16.0. The fourth-order valence-corrected chi connectivity index (χ4v) is 2.58. The van der Waals surface area contributed by atoms with Gasteiger partial charge in [0.1, 0.15) is 18.0 Å². The molecule has 3 aromatic rings. The lowest BCUT2D eigenvalue weighted by Crippen LogP contribution is -2.18. The van der Waals surface area contributed by atoms with Gasteiger partial charge in [-0.05, 0) is 37.3 Å². The Labute approximate surface area is 142 Å². The number of aromatic nitrogens is 2. The summed E-state index contributed by atoms with van der Waals surface area (Å²) in [5, 5.41) is 0.383. The van der Waals surface area contributed by atoms with Crippen LogP contribution >= 0.6 is 11.6 Å². The van der Waals surface area contributed by atoms with Gasteiger partial charge in [-0.25, -0.2) is 4.98 Å². The van der Waals surface area contributed by atoms with Gasteiger partial charge in [0, 0.05) is 16.8 Å². The highest BCUT2D eigenvalue weighted by Crippen LogP contribution is 2.23. The van der Waals surface area contributed by atoms with E-state index in [9.17, 15) is 9.59 Å². The molecule has 1 aromatic carbocycles. The molecule has 0 aliphatic rings. The summed E-state index contributed by atoms with van der Waals surface area (Å²) in [6, 6.07) is 11.4. The van der Waals surface area contributed by atoms with Crippen molar-refractivity contribution < 1.29 is 9.53 Å². The summed E-state index contributed by atoms with van der Waals surface area (Å²) in [5.41, 5.74) is 7.09. The number of rotatable bonds is 4. The van der Waals surface area contributed by atoms with Crippen LogP contribution in [-0.2, 0) is 6.61 Å². The maximum Gasteiger partial charge on any atom is 0.258 e. The predicted octanol–water partition coefficient (Wildman–Crippen LogP) is 2.33. The van der Waals surface area contributed by atoms with E-state index in [0.717, 1.165) is 5.69 Å². The van der Waals surface area contributed by atoms with E-state index in [4.69, 9.17) is 22.1 Å². The van der Waals surface area contributed by atoms with Gasteiger partial charge in [-0.1, -0.05) is 17.7 Å². The Bertz CT molecular complexity index is 998. The van der Waals surface area contributed by atoms with Gasteiger partial charge in [0.25, 0.3) is 11.5 Å². The molecule has 0 atom stereocenters. The van der Waals surface area contributed by atoms with E-state index >= 15 is 0 Å². The topological polar surface area (TPSA) is 86.7 Å². The van der Waals surface area contributed by atoms with Crippen LogP contribution in [0.2, 0.25) is 5.02 Å². The van der Waals surface area contributed by atoms with Gasteiger partial charge in [0.15, 0.2) is 0 Å². The quantitative estimate of drug-likeness (QED) is 0.787. The molecule has 0 fully saturated rings. The number of carbonyl (C=O) groups is 1. The molecule has 0 saturated carbocycles. The maximum atomic E-state index is 12.2. The van der Waals surface area contributed by atoms with E-state index in [2.05, 4.69) is 4.98 Å². The smallest absolute Gasteiger partial charge is 0.258 e. The Kier molecular flexibility index (Phi) is 4.22. The maximum absolute atomic E-state index is 12.2. The Balaban J connectivity index is 1.92. The number of benzene rings is 1. The summed E-state index contributed by atoms with van der Waals surface area (Å²) in [5.74, 6) is -0.354. The first-order valence-corrected chi connectivity index (χ1v) is 7.54. The van der Waals surface area contributed by atoms with Crippen molar-refractivity contribution in [2.24, 2.45) is 5.73 Å². The first-order chi connectivity index (χ1) is 11.5. The van der Waals surface area contributed by atoms with E-state index in [0.29, 0.717) is 16.4 Å². The van der Waals surface area contributed by atoms with E-state index in [1.807, 2.05) is 19.1 Å². The third-order valence-corrected chi connectivity index (χ3v) is 3.75. The van der Waals surface area contributed by atoms with Crippen LogP contribution < -0.4 is 16.0 Å². The molecule has 122 valence electrons. The molecule has 2 aromatic heterocycles. The van der Waals surface area contributed by atoms with Crippen molar-refractivity contribution in [2.45, 2.75) is 13.5 Å². The van der Waals surface area contributed by atoms with Crippen LogP contribution in [0.15, 0.2) is 47.3 Å². The molecule has 0 aliphatic heterocycles. The third kappa shape index (κ3) is 3.09. The molecule has 7 heteroatoms. The lowest BCUT2D eigenvalue weighted by atomic mass is 10.2. The van der Waals surface area contributed by atoms with Crippen LogP contribution in [-0.4, -0.2) is 15.3 Å². The van der Waals surface area contributed by atoms with Gasteiger partial charge in [-0.3, -0.25) is 14.0 Å². The van der Waals surface area contributed by atoms with E-state index in [1.165, 1.54) is 16.5 Å². The van der Waals surface area contributed by atoms with Gasteiger partial charge in [0.2, 0.25) is 0 Å². The van der Waals surface area contributed by atoms with Crippen molar-refractivity contribution >= 4 is 23.2 Å². The predicted molar refractivity (Wildman–Crippen MR) is 90.5 cm³/mol. The highest BCUT2D eigenvalue weighted by Gasteiger charge is 2.11. The summed E-state index contributed by atoms with van der Waals surface area (Å²) in [4.78, 5) is 28.1. The molecule has 0 bridgehead atoms. The molecule has 1 amide bonds. The van der Waals surface area contributed by atoms with Crippen LogP contribution in [0.3, 0.4) is 0 Å². The van der Waals surface area contributed by atoms with Crippen LogP contribution in [0.5, 0.6) is 5.75 Å². The highest BCUT2D eigenvalue weighted by molar-refractivity contribution is 6.31. The molecule has 0 unspecified atom stereocenters. The molecular formula is C17H14ClN3O3. The fraction of sp³-hybridized carbons (Fsp3) is 0.118. The third-order valence-electron chi connectivity index (χ3n) is 3.52. The first-order valence-electron chi connectivity index (χ1n) is 7.16. The van der Waals surface area contributed by atoms with Crippen molar-refractivity contribution in [2.75, 3.05) is 0 Å². The molecular weight excluding hydrogens is 330 g/mol. The lowest BCUT2D eigenvalue weighted by molar-refractivity contribution is 0.0996. The monoisotopic (exact) mass is 343 g/mol. The zero-order valence-corrected chi connectivity index (χ0v) is 13.6. The zero-order chi connectivity index (χ0) is 17.3. The van der Waals surface area contributed by atoms with Gasteiger partial charge in [-0.15, -0.1) is 0 Å². The summed E-state index contributed by atoms with van der Waals surface area (Å²) < 4.78 is 7.12. The highest BCUT2D eigenvalue weighted by atomic mass is 35.5. The largest absolute Gasteiger partial charge is 0.486 e. The fourth-order valence-electron chi connectivity index (χ4n) is 2.41. The van der Waals surface area contributed by atoms with Crippen LogP contribution in [0.25, 0.3) is 5.65 Å². The minimum Gasteiger partial charge on any atom is -0.486 e. The minimum absolute atomic E-state index is 0.0294. The second kappa shape index (κ2) is 6.33. The number of fused-ring (bicyclic) bond motifs is 1. The number of aryl methyl sites for hydroxylation is 1. The summed E-state index contributed by atoms with van der Waals surface area (Å²) in [6.07, 6.45) is 0. The Morgan fingerprint density at radius 1 is 1.29 bits per heavy atom. The number of pyridine rings is 1. The van der Waals surface area contributed by atoms with E-state index < -0.39 is 5.91 Å². The Morgan fingerprint density at radius 3 is 2.83 bits per heavy atom. The molecule has 0 radical (unpaired) electrons. The molecule has 24 heavy (non-hydrogen) atoms. The minimum atomic E-state index is -0.644. The van der Waals surface area contributed by atoms with Crippen molar-refractivity contribution in [1.82, 2.24) is 9.38 Å². The molecule has 2 N–H and O–H groups in total. The number of carbonyl (C=O) groups excluding carboxylic acids is 1. The molecule has 2 heterocycles. The number of nitrogens with zero attached hydrogens (tertiary/aromatic N) is 2. The molecule has 0 spiro atoms. The molecule has 0 saturated heterocycles. The Hall–Kier alpha value is -2.86. The molecule has 3 rings (SSSR count). The number of primary amides is 1. The second-order valence-corrected chi connectivity index (χ2v) is 5.68. The van der Waals surface area contributed by atoms with Crippen LogP contribution in [0, 0.1) is 6.92 Å². The lowest BCUT2D eigenvalue weighted by Gasteiger charge is -2.10. The van der Waals surface area contributed by atoms with Gasteiger partial charge in [-0.2, -0.15) is 0 Å². The molecule has 6 nitrogen and oxygen atoms in total. The number of halogens is 1. The Morgan fingerprint density at radius 2 is 2.08 bits per heavy atom. The average Bonchev–Trinajstić information content (AvgIpc) is 2.53. The van der Waals surface area contributed by atoms with E-state index in [-0.39, 0.29) is 23.5 Å². The standard InChI is InChI=1S/C17H14ClN3O3/c1-10-3-2-4-15-20-12(8-16(22)21(10)15)9-24-14-6-5-11(18)7-13(14)17(19)23/h2-8H,9H2,1H3,(H2,19,23). The van der Waals surface area contributed by atoms with Crippen molar-refractivity contribution in [3.63, 3.8) is 0 Å². The van der Waals surface area contributed by atoms with Gasteiger partial charge >= 0.3 is 0 Å². The normalized spacial score (nSPS) is 10.8. The number of hydrogen-bond donors (Lipinski definition) is 1. The SMILES string of the molecule is Cc1cccc2nc(COc3ccc(Cl)cc3C(N)=O)cc(=O)n12. The summed E-state index contributed by atoms with van der Waals surface area (Å²) in [6.45, 7) is 1.86. The van der Waals surface area contributed by atoms with Crippen molar-refractivity contribution in [3.8, 4) is 5.75 Å². The molecule has 0 aliphatic carbocycles. The van der Waals surface area contributed by atoms with Crippen LogP contribution in [0.4, 0.5) is 0 Å². The number of ether oxygens (including phenoxy) is 1. The summed E-state index contributed by atoms with van der Waals surface area (Å²) >= 11 is 5.86. The van der Waals surface area contributed by atoms with Crippen LogP contribution in [0.1, 0.15) is 21.7 Å². The average molecular weight is 344 g/mol. The van der Waals surface area contributed by atoms with Gasteiger partial charge < -0.3 is 10.5 Å². The van der Waals surface area contributed by atoms with Crippen molar-refractivity contribution in [3.05, 3.63) is 74.8 Å². The second-order valence-electron chi connectivity index (χ2n) is 5.24. The number of hydrogen-bond acceptors (Lipinski definition) is 4.